The van der Waals surface area contributed by atoms with Gasteiger partial charge in [-0.05, 0) is 23.6 Å². The first kappa shape index (κ1) is 14.1. The lowest BCUT2D eigenvalue weighted by atomic mass is 10.2. The minimum absolute atomic E-state index is 0.445. The molecule has 0 aliphatic heterocycles. The van der Waals surface area contributed by atoms with Gasteiger partial charge in [-0.1, -0.05) is 41.9 Å². The number of nitrogens with zero attached hydrogens (tertiary/aromatic N) is 3. The average Bonchev–Trinajstić information content (AvgIpc) is 2.83. The maximum absolute atomic E-state index is 5.73. The molecule has 0 saturated carbocycles. The van der Waals surface area contributed by atoms with Crippen molar-refractivity contribution in [1.82, 2.24) is 14.8 Å². The van der Waals surface area contributed by atoms with E-state index >= 15 is 0 Å². The zero-order valence-corrected chi connectivity index (χ0v) is 12.8. The molecule has 0 spiro atoms. The van der Waals surface area contributed by atoms with Crippen LogP contribution in [0.3, 0.4) is 0 Å². The standard InChI is InChI=1S/C14H18BrN3O/c1-11(2)8-18-14(16-10-17-18)9-19-13-5-3-12(7-15)4-6-13/h3-6,10-11H,7-9H2,1-2H3. The second kappa shape index (κ2) is 6.70. The van der Waals surface area contributed by atoms with E-state index in [4.69, 9.17) is 4.74 Å². The summed E-state index contributed by atoms with van der Waals surface area (Å²) in [5.41, 5.74) is 1.23. The monoisotopic (exact) mass is 323 g/mol. The van der Waals surface area contributed by atoms with Gasteiger partial charge in [0.15, 0.2) is 5.82 Å². The van der Waals surface area contributed by atoms with Crippen molar-refractivity contribution >= 4 is 15.9 Å². The van der Waals surface area contributed by atoms with Crippen molar-refractivity contribution in [3.63, 3.8) is 0 Å². The largest absolute Gasteiger partial charge is 0.486 e. The topological polar surface area (TPSA) is 39.9 Å². The molecule has 4 nitrogen and oxygen atoms in total. The van der Waals surface area contributed by atoms with Crippen molar-refractivity contribution in [3.8, 4) is 5.75 Å². The number of halogens is 1. The third kappa shape index (κ3) is 4.06. The molecule has 1 aromatic heterocycles. The molecule has 0 amide bonds. The zero-order chi connectivity index (χ0) is 13.7. The predicted octanol–water partition coefficient (Wildman–Crippen LogP) is 3.41. The van der Waals surface area contributed by atoms with Crippen LogP contribution in [0.5, 0.6) is 5.75 Å². The molecule has 0 radical (unpaired) electrons. The Morgan fingerprint density at radius 3 is 2.63 bits per heavy atom. The van der Waals surface area contributed by atoms with Crippen LogP contribution in [0.15, 0.2) is 30.6 Å². The Kier molecular flexibility index (Phi) is 4.96. The van der Waals surface area contributed by atoms with Crippen LogP contribution in [0.4, 0.5) is 0 Å². The zero-order valence-electron chi connectivity index (χ0n) is 11.2. The van der Waals surface area contributed by atoms with Gasteiger partial charge < -0.3 is 4.74 Å². The quantitative estimate of drug-likeness (QED) is 0.765. The van der Waals surface area contributed by atoms with E-state index in [1.54, 1.807) is 6.33 Å². The number of rotatable bonds is 6. The molecule has 2 aromatic rings. The van der Waals surface area contributed by atoms with Crippen molar-refractivity contribution in [3.05, 3.63) is 42.0 Å². The summed E-state index contributed by atoms with van der Waals surface area (Å²) in [5.74, 6) is 2.25. The second-order valence-electron chi connectivity index (χ2n) is 4.82. The molecule has 102 valence electrons. The lowest BCUT2D eigenvalue weighted by molar-refractivity contribution is 0.282. The van der Waals surface area contributed by atoms with Gasteiger partial charge in [0.1, 0.15) is 18.7 Å². The fourth-order valence-electron chi connectivity index (χ4n) is 1.72. The predicted molar refractivity (Wildman–Crippen MR) is 78.3 cm³/mol. The van der Waals surface area contributed by atoms with Crippen LogP contribution < -0.4 is 4.74 Å². The van der Waals surface area contributed by atoms with E-state index in [-0.39, 0.29) is 0 Å². The molecule has 0 fully saturated rings. The molecule has 5 heteroatoms. The van der Waals surface area contributed by atoms with Crippen LogP contribution in [0.25, 0.3) is 0 Å². The molecule has 19 heavy (non-hydrogen) atoms. The van der Waals surface area contributed by atoms with E-state index in [1.165, 1.54) is 5.56 Å². The van der Waals surface area contributed by atoms with Gasteiger partial charge in [0.2, 0.25) is 0 Å². The minimum atomic E-state index is 0.445. The van der Waals surface area contributed by atoms with E-state index in [2.05, 4.69) is 39.9 Å². The highest BCUT2D eigenvalue weighted by Gasteiger charge is 2.06. The van der Waals surface area contributed by atoms with Gasteiger partial charge >= 0.3 is 0 Å². The highest BCUT2D eigenvalue weighted by Crippen LogP contribution is 2.15. The van der Waals surface area contributed by atoms with Gasteiger partial charge in [-0.3, -0.25) is 0 Å². The van der Waals surface area contributed by atoms with Crippen molar-refractivity contribution in [2.24, 2.45) is 5.92 Å². The van der Waals surface area contributed by atoms with Gasteiger partial charge in [0.05, 0.1) is 0 Å². The fraction of sp³-hybridized carbons (Fsp3) is 0.429. The van der Waals surface area contributed by atoms with E-state index in [0.717, 1.165) is 23.4 Å². The second-order valence-corrected chi connectivity index (χ2v) is 5.38. The van der Waals surface area contributed by atoms with Crippen LogP contribution in [0.2, 0.25) is 0 Å². The molecular formula is C14H18BrN3O. The summed E-state index contributed by atoms with van der Waals surface area (Å²) in [6.45, 7) is 5.62. The van der Waals surface area contributed by atoms with E-state index in [0.29, 0.717) is 12.5 Å². The highest BCUT2D eigenvalue weighted by molar-refractivity contribution is 9.08. The molecule has 1 aromatic carbocycles. The first-order chi connectivity index (χ1) is 9.19. The van der Waals surface area contributed by atoms with Crippen molar-refractivity contribution in [1.29, 1.82) is 0 Å². The first-order valence-electron chi connectivity index (χ1n) is 6.33. The van der Waals surface area contributed by atoms with Gasteiger partial charge in [0.25, 0.3) is 0 Å². The van der Waals surface area contributed by atoms with Crippen LogP contribution in [0, 0.1) is 5.92 Å². The normalized spacial score (nSPS) is 10.9. The van der Waals surface area contributed by atoms with Crippen molar-refractivity contribution < 1.29 is 4.74 Å². The van der Waals surface area contributed by atoms with Gasteiger partial charge in [-0.25, -0.2) is 9.67 Å². The number of aromatic nitrogens is 3. The van der Waals surface area contributed by atoms with Crippen LogP contribution in [-0.2, 0) is 18.5 Å². The smallest absolute Gasteiger partial charge is 0.164 e. The molecule has 0 aliphatic rings. The summed E-state index contributed by atoms with van der Waals surface area (Å²) in [7, 11) is 0. The average molecular weight is 324 g/mol. The molecule has 1 heterocycles. The fourth-order valence-corrected chi connectivity index (χ4v) is 2.09. The molecule has 0 bridgehead atoms. The Morgan fingerprint density at radius 1 is 1.26 bits per heavy atom. The third-order valence-electron chi connectivity index (χ3n) is 2.68. The third-order valence-corrected chi connectivity index (χ3v) is 3.33. The Morgan fingerprint density at radius 2 is 2.00 bits per heavy atom. The molecule has 0 N–H and O–H groups in total. The lowest BCUT2D eigenvalue weighted by Gasteiger charge is -2.10. The Labute approximate surface area is 121 Å². The number of alkyl halides is 1. The van der Waals surface area contributed by atoms with Crippen LogP contribution in [0.1, 0.15) is 25.2 Å². The molecule has 2 rings (SSSR count). The number of benzene rings is 1. The maximum atomic E-state index is 5.73. The molecule has 0 atom stereocenters. The van der Waals surface area contributed by atoms with Gasteiger partial charge in [0, 0.05) is 11.9 Å². The van der Waals surface area contributed by atoms with E-state index in [1.807, 2.05) is 28.9 Å². The molecule has 0 unspecified atom stereocenters. The summed E-state index contributed by atoms with van der Waals surface area (Å²) in [6, 6.07) is 8.03. The highest BCUT2D eigenvalue weighted by atomic mass is 79.9. The maximum Gasteiger partial charge on any atom is 0.164 e. The minimum Gasteiger partial charge on any atom is -0.486 e. The van der Waals surface area contributed by atoms with Crippen molar-refractivity contribution in [2.75, 3.05) is 0 Å². The van der Waals surface area contributed by atoms with E-state index < -0.39 is 0 Å². The molecule has 0 aliphatic carbocycles. The summed E-state index contributed by atoms with van der Waals surface area (Å²) in [5, 5.41) is 5.07. The summed E-state index contributed by atoms with van der Waals surface area (Å²) in [4.78, 5) is 4.24. The van der Waals surface area contributed by atoms with Crippen LogP contribution in [-0.4, -0.2) is 14.8 Å². The summed E-state index contributed by atoms with van der Waals surface area (Å²) in [6.07, 6.45) is 1.58. The van der Waals surface area contributed by atoms with Crippen molar-refractivity contribution in [2.45, 2.75) is 32.3 Å². The first-order valence-corrected chi connectivity index (χ1v) is 7.45. The Hall–Kier alpha value is -1.36. The Bertz CT molecular complexity index is 508. The Balaban J connectivity index is 1.96. The number of ether oxygens (including phenoxy) is 1. The SMILES string of the molecule is CC(C)Cn1ncnc1COc1ccc(CBr)cc1. The lowest BCUT2D eigenvalue weighted by Crippen LogP contribution is -2.12. The summed E-state index contributed by atoms with van der Waals surface area (Å²) < 4.78 is 7.63. The van der Waals surface area contributed by atoms with Gasteiger partial charge in [-0.2, -0.15) is 5.10 Å². The number of hydrogen-bond donors (Lipinski definition) is 0. The van der Waals surface area contributed by atoms with Gasteiger partial charge in [-0.15, -0.1) is 0 Å². The van der Waals surface area contributed by atoms with E-state index in [9.17, 15) is 0 Å². The molecular weight excluding hydrogens is 306 g/mol. The number of hydrogen-bond acceptors (Lipinski definition) is 3. The molecule has 0 saturated heterocycles. The van der Waals surface area contributed by atoms with Crippen LogP contribution >= 0.6 is 15.9 Å². The summed E-state index contributed by atoms with van der Waals surface area (Å²) >= 11 is 3.42.